The van der Waals surface area contributed by atoms with E-state index in [2.05, 4.69) is 5.32 Å². The molecule has 15 heavy (non-hydrogen) atoms. The minimum atomic E-state index is -0.289. The van der Waals surface area contributed by atoms with Crippen LogP contribution >= 0.6 is 0 Å². The van der Waals surface area contributed by atoms with Crippen LogP contribution in [0.25, 0.3) is 0 Å². The van der Waals surface area contributed by atoms with Gasteiger partial charge < -0.3 is 16.0 Å². The number of rotatable bonds is 4. The summed E-state index contributed by atoms with van der Waals surface area (Å²) in [6.45, 7) is 3.10. The van der Waals surface area contributed by atoms with E-state index in [-0.39, 0.29) is 23.8 Å². The highest BCUT2D eigenvalue weighted by Crippen LogP contribution is 2.09. The van der Waals surface area contributed by atoms with E-state index < -0.39 is 0 Å². The Labute approximate surface area is 90.0 Å². The Morgan fingerprint density at radius 1 is 1.73 bits per heavy atom. The van der Waals surface area contributed by atoms with Crippen molar-refractivity contribution in [1.29, 1.82) is 0 Å². The summed E-state index contributed by atoms with van der Waals surface area (Å²) in [4.78, 5) is 23.7. The molecular formula is C10H19N3O2. The predicted molar refractivity (Wildman–Crippen MR) is 57.0 cm³/mol. The van der Waals surface area contributed by atoms with Crippen LogP contribution in [0.1, 0.15) is 19.8 Å². The average molecular weight is 213 g/mol. The van der Waals surface area contributed by atoms with Crippen molar-refractivity contribution in [1.82, 2.24) is 10.2 Å². The number of likely N-dealkylation sites (tertiary alicyclic amines) is 1. The summed E-state index contributed by atoms with van der Waals surface area (Å²) in [5.41, 5.74) is 5.16. The SMILES string of the molecule is CC(CNC1CCC(=O)N(C)C1)C(N)=O. The summed E-state index contributed by atoms with van der Waals surface area (Å²) < 4.78 is 0. The molecule has 0 aromatic carbocycles. The Kier molecular flexibility index (Phi) is 4.08. The molecular weight excluding hydrogens is 194 g/mol. The summed E-state index contributed by atoms with van der Waals surface area (Å²) in [5.74, 6) is -0.258. The van der Waals surface area contributed by atoms with Gasteiger partial charge in [-0.3, -0.25) is 9.59 Å². The molecule has 0 saturated carbocycles. The molecule has 0 aromatic heterocycles. The highest BCUT2D eigenvalue weighted by atomic mass is 16.2. The first-order chi connectivity index (χ1) is 7.00. The predicted octanol–water partition coefficient (Wildman–Crippen LogP) is -0.682. The number of nitrogens with one attached hydrogen (secondary N) is 1. The number of likely N-dealkylation sites (N-methyl/N-ethyl adjacent to an activating group) is 1. The van der Waals surface area contributed by atoms with Gasteiger partial charge in [0.2, 0.25) is 11.8 Å². The van der Waals surface area contributed by atoms with Gasteiger partial charge in [-0.2, -0.15) is 0 Å². The minimum Gasteiger partial charge on any atom is -0.369 e. The molecule has 2 unspecified atom stereocenters. The lowest BCUT2D eigenvalue weighted by Crippen LogP contribution is -2.48. The fourth-order valence-corrected chi connectivity index (χ4v) is 1.62. The Balaban J connectivity index is 2.28. The lowest BCUT2D eigenvalue weighted by Gasteiger charge is -2.30. The van der Waals surface area contributed by atoms with E-state index in [1.54, 1.807) is 18.9 Å². The summed E-state index contributed by atoms with van der Waals surface area (Å²) in [6.07, 6.45) is 1.42. The second-order valence-corrected chi connectivity index (χ2v) is 4.22. The molecule has 1 heterocycles. The number of nitrogens with zero attached hydrogens (tertiary/aromatic N) is 1. The molecule has 0 bridgehead atoms. The van der Waals surface area contributed by atoms with Crippen LogP contribution in [0.3, 0.4) is 0 Å². The highest BCUT2D eigenvalue weighted by Gasteiger charge is 2.23. The fourth-order valence-electron chi connectivity index (χ4n) is 1.62. The molecule has 3 N–H and O–H groups in total. The molecule has 5 heteroatoms. The van der Waals surface area contributed by atoms with Gasteiger partial charge in [0.1, 0.15) is 0 Å². The molecule has 5 nitrogen and oxygen atoms in total. The van der Waals surface area contributed by atoms with E-state index in [0.717, 1.165) is 6.42 Å². The molecule has 2 amide bonds. The zero-order valence-corrected chi connectivity index (χ0v) is 9.32. The molecule has 0 aromatic rings. The first kappa shape index (κ1) is 12.0. The van der Waals surface area contributed by atoms with Crippen molar-refractivity contribution in [3.8, 4) is 0 Å². The lowest BCUT2D eigenvalue weighted by atomic mass is 10.0. The molecule has 1 rings (SSSR count). The standard InChI is InChI=1S/C10H19N3O2/c1-7(10(11)15)5-12-8-3-4-9(14)13(2)6-8/h7-8,12H,3-6H2,1-2H3,(H2,11,15). The average Bonchev–Trinajstić information content (AvgIpc) is 2.19. The van der Waals surface area contributed by atoms with Crippen molar-refractivity contribution in [3.63, 3.8) is 0 Å². The molecule has 86 valence electrons. The van der Waals surface area contributed by atoms with Crippen LogP contribution in [0, 0.1) is 5.92 Å². The van der Waals surface area contributed by atoms with Crippen molar-refractivity contribution in [2.45, 2.75) is 25.8 Å². The Morgan fingerprint density at radius 3 is 2.93 bits per heavy atom. The summed E-state index contributed by atoms with van der Waals surface area (Å²) in [7, 11) is 1.80. The van der Waals surface area contributed by atoms with Crippen molar-refractivity contribution in [2.24, 2.45) is 11.7 Å². The van der Waals surface area contributed by atoms with E-state index in [1.807, 2.05) is 0 Å². The van der Waals surface area contributed by atoms with Crippen LogP contribution < -0.4 is 11.1 Å². The van der Waals surface area contributed by atoms with E-state index >= 15 is 0 Å². The van der Waals surface area contributed by atoms with Gasteiger partial charge >= 0.3 is 0 Å². The van der Waals surface area contributed by atoms with Gasteiger partial charge in [0, 0.05) is 38.5 Å². The molecule has 1 fully saturated rings. The molecule has 1 aliphatic heterocycles. The number of hydrogen-bond acceptors (Lipinski definition) is 3. The normalized spacial score (nSPS) is 24.0. The van der Waals surface area contributed by atoms with Crippen LogP contribution in [-0.2, 0) is 9.59 Å². The third-order valence-corrected chi connectivity index (χ3v) is 2.83. The monoisotopic (exact) mass is 213 g/mol. The van der Waals surface area contributed by atoms with E-state index in [1.165, 1.54) is 0 Å². The number of carbonyl (C=O) groups is 2. The number of nitrogens with two attached hydrogens (primary N) is 1. The Morgan fingerprint density at radius 2 is 2.40 bits per heavy atom. The highest BCUT2D eigenvalue weighted by molar-refractivity contribution is 5.77. The van der Waals surface area contributed by atoms with Gasteiger partial charge in [0.15, 0.2) is 0 Å². The number of carbonyl (C=O) groups excluding carboxylic acids is 2. The summed E-state index contributed by atoms with van der Waals surface area (Å²) >= 11 is 0. The largest absolute Gasteiger partial charge is 0.369 e. The topological polar surface area (TPSA) is 75.4 Å². The number of primary amides is 1. The van der Waals surface area contributed by atoms with Crippen LogP contribution in [-0.4, -0.2) is 42.9 Å². The van der Waals surface area contributed by atoms with Gasteiger partial charge in [-0.25, -0.2) is 0 Å². The smallest absolute Gasteiger partial charge is 0.222 e. The Bertz CT molecular complexity index is 255. The second-order valence-electron chi connectivity index (χ2n) is 4.22. The fraction of sp³-hybridized carbons (Fsp3) is 0.800. The number of piperidine rings is 1. The van der Waals surface area contributed by atoms with Gasteiger partial charge in [0.05, 0.1) is 0 Å². The van der Waals surface area contributed by atoms with Gasteiger partial charge in [-0.05, 0) is 6.42 Å². The van der Waals surface area contributed by atoms with Crippen LogP contribution in [0.5, 0.6) is 0 Å². The van der Waals surface area contributed by atoms with Gasteiger partial charge in [0.25, 0.3) is 0 Å². The van der Waals surface area contributed by atoms with E-state index in [9.17, 15) is 9.59 Å². The molecule has 0 radical (unpaired) electrons. The van der Waals surface area contributed by atoms with Crippen molar-refractivity contribution >= 4 is 11.8 Å². The van der Waals surface area contributed by atoms with E-state index in [4.69, 9.17) is 5.73 Å². The summed E-state index contributed by atoms with van der Waals surface area (Å²) in [5, 5.41) is 3.26. The maximum atomic E-state index is 11.2. The molecule has 1 saturated heterocycles. The maximum Gasteiger partial charge on any atom is 0.222 e. The van der Waals surface area contributed by atoms with Crippen molar-refractivity contribution < 1.29 is 9.59 Å². The second kappa shape index (κ2) is 5.11. The number of amides is 2. The third-order valence-electron chi connectivity index (χ3n) is 2.83. The zero-order valence-electron chi connectivity index (χ0n) is 9.32. The first-order valence-corrected chi connectivity index (χ1v) is 5.27. The maximum absolute atomic E-state index is 11.2. The molecule has 0 aliphatic carbocycles. The molecule has 2 atom stereocenters. The minimum absolute atomic E-state index is 0.159. The Hall–Kier alpha value is -1.10. The molecule has 1 aliphatic rings. The quantitative estimate of drug-likeness (QED) is 0.649. The van der Waals surface area contributed by atoms with Crippen LogP contribution in [0.15, 0.2) is 0 Å². The lowest BCUT2D eigenvalue weighted by molar-refractivity contribution is -0.132. The number of hydrogen-bond donors (Lipinski definition) is 2. The van der Waals surface area contributed by atoms with Crippen LogP contribution in [0.2, 0.25) is 0 Å². The zero-order chi connectivity index (χ0) is 11.4. The van der Waals surface area contributed by atoms with Gasteiger partial charge in [-0.15, -0.1) is 0 Å². The third kappa shape index (κ3) is 3.51. The van der Waals surface area contributed by atoms with Crippen molar-refractivity contribution in [2.75, 3.05) is 20.1 Å². The summed E-state index contributed by atoms with van der Waals surface area (Å²) in [6, 6.07) is 0.287. The van der Waals surface area contributed by atoms with Gasteiger partial charge in [-0.1, -0.05) is 6.92 Å². The van der Waals surface area contributed by atoms with Crippen LogP contribution in [0.4, 0.5) is 0 Å². The van der Waals surface area contributed by atoms with E-state index in [0.29, 0.717) is 19.5 Å². The van der Waals surface area contributed by atoms with Crippen molar-refractivity contribution in [3.05, 3.63) is 0 Å². The first-order valence-electron chi connectivity index (χ1n) is 5.27. The molecule has 0 spiro atoms.